The lowest BCUT2D eigenvalue weighted by molar-refractivity contribution is 0.375. The summed E-state index contributed by atoms with van der Waals surface area (Å²) in [4.78, 5) is 4.52. The summed E-state index contributed by atoms with van der Waals surface area (Å²) in [6.45, 7) is 2.01. The molecule has 1 aliphatic rings. The molecule has 1 saturated carbocycles. The molecule has 0 radical (unpaired) electrons. The molecule has 0 heterocycles. The standard InChI is InChI=1S/C16H23N3/c1-2-16(13-6-4-3-5-7-13)19-12-18-15-10-8-14(17)9-11-15/h2-7,12,14-15H,8-11,17H2,1H3,(H,18,19)/b16-2-/t14-,15+. The van der Waals surface area contributed by atoms with Gasteiger partial charge in [0.15, 0.2) is 0 Å². The third-order valence-electron chi connectivity index (χ3n) is 3.63. The van der Waals surface area contributed by atoms with E-state index in [9.17, 15) is 0 Å². The van der Waals surface area contributed by atoms with E-state index in [1.807, 2.05) is 37.5 Å². The average molecular weight is 257 g/mol. The Bertz CT molecular complexity index is 429. The summed E-state index contributed by atoms with van der Waals surface area (Å²) in [6.07, 6.45) is 8.38. The molecule has 3 nitrogen and oxygen atoms in total. The lowest BCUT2D eigenvalue weighted by Gasteiger charge is -2.25. The van der Waals surface area contributed by atoms with E-state index in [4.69, 9.17) is 5.73 Å². The van der Waals surface area contributed by atoms with Gasteiger partial charge in [-0.3, -0.25) is 0 Å². The molecule has 1 aromatic carbocycles. The van der Waals surface area contributed by atoms with Gasteiger partial charge in [0.2, 0.25) is 0 Å². The van der Waals surface area contributed by atoms with Crippen LogP contribution >= 0.6 is 0 Å². The first-order chi connectivity index (χ1) is 9.29. The van der Waals surface area contributed by atoms with Gasteiger partial charge >= 0.3 is 0 Å². The third kappa shape index (κ3) is 4.21. The normalized spacial score (nSPS) is 24.6. The Morgan fingerprint density at radius 1 is 1.21 bits per heavy atom. The van der Waals surface area contributed by atoms with Gasteiger partial charge in [-0.05, 0) is 38.2 Å². The maximum absolute atomic E-state index is 5.90. The van der Waals surface area contributed by atoms with E-state index >= 15 is 0 Å². The molecule has 0 bridgehead atoms. The highest BCUT2D eigenvalue weighted by Gasteiger charge is 2.16. The van der Waals surface area contributed by atoms with Gasteiger partial charge < -0.3 is 11.1 Å². The van der Waals surface area contributed by atoms with Gasteiger partial charge in [-0.25, -0.2) is 4.99 Å². The minimum Gasteiger partial charge on any atom is -0.373 e. The highest BCUT2D eigenvalue weighted by Crippen LogP contribution is 2.17. The zero-order valence-corrected chi connectivity index (χ0v) is 11.5. The predicted octanol–water partition coefficient (Wildman–Crippen LogP) is 2.94. The Kier molecular flexibility index (Phi) is 5.16. The Balaban J connectivity index is 1.87. The van der Waals surface area contributed by atoms with E-state index < -0.39 is 0 Å². The Morgan fingerprint density at radius 2 is 1.89 bits per heavy atom. The summed E-state index contributed by atoms with van der Waals surface area (Å²) in [5, 5.41) is 3.39. The van der Waals surface area contributed by atoms with E-state index in [1.165, 1.54) is 0 Å². The van der Waals surface area contributed by atoms with Crippen LogP contribution in [0.3, 0.4) is 0 Å². The van der Waals surface area contributed by atoms with E-state index in [1.54, 1.807) is 0 Å². The van der Waals surface area contributed by atoms with E-state index in [-0.39, 0.29) is 0 Å². The summed E-state index contributed by atoms with van der Waals surface area (Å²) < 4.78 is 0. The van der Waals surface area contributed by atoms with Crippen molar-refractivity contribution in [2.75, 3.05) is 0 Å². The van der Waals surface area contributed by atoms with Crippen LogP contribution in [-0.4, -0.2) is 18.4 Å². The third-order valence-corrected chi connectivity index (χ3v) is 3.63. The number of nitrogens with one attached hydrogen (secondary N) is 1. The van der Waals surface area contributed by atoms with Crippen LogP contribution < -0.4 is 11.1 Å². The van der Waals surface area contributed by atoms with Crippen molar-refractivity contribution in [1.82, 2.24) is 5.32 Å². The van der Waals surface area contributed by atoms with Crippen molar-refractivity contribution >= 4 is 12.0 Å². The molecule has 0 atom stereocenters. The molecule has 102 valence electrons. The maximum Gasteiger partial charge on any atom is 0.0888 e. The molecule has 0 unspecified atom stereocenters. The lowest BCUT2D eigenvalue weighted by atomic mass is 9.92. The van der Waals surface area contributed by atoms with Crippen LogP contribution in [0.15, 0.2) is 41.4 Å². The van der Waals surface area contributed by atoms with Gasteiger partial charge in [0.1, 0.15) is 0 Å². The van der Waals surface area contributed by atoms with Gasteiger partial charge in [0.05, 0.1) is 12.0 Å². The van der Waals surface area contributed by atoms with E-state index in [0.29, 0.717) is 12.1 Å². The molecule has 0 amide bonds. The molecule has 0 aromatic heterocycles. The van der Waals surface area contributed by atoms with Gasteiger partial charge in [-0.15, -0.1) is 0 Å². The van der Waals surface area contributed by atoms with Gasteiger partial charge in [-0.1, -0.05) is 36.4 Å². The van der Waals surface area contributed by atoms with Crippen LogP contribution in [0.25, 0.3) is 5.70 Å². The highest BCUT2D eigenvalue weighted by molar-refractivity contribution is 5.72. The Hall–Kier alpha value is -1.61. The molecule has 0 aliphatic heterocycles. The van der Waals surface area contributed by atoms with Crippen molar-refractivity contribution < 1.29 is 0 Å². The number of aliphatic imine (C=N–C) groups is 1. The molecule has 0 spiro atoms. The number of nitrogens with two attached hydrogens (primary N) is 1. The van der Waals surface area contributed by atoms with Gasteiger partial charge in [0, 0.05) is 12.1 Å². The summed E-state index contributed by atoms with van der Waals surface area (Å²) in [6, 6.07) is 11.2. The molecular formula is C16H23N3. The van der Waals surface area contributed by atoms with Crippen molar-refractivity contribution in [1.29, 1.82) is 0 Å². The summed E-state index contributed by atoms with van der Waals surface area (Å²) in [5.41, 5.74) is 8.05. The van der Waals surface area contributed by atoms with E-state index in [2.05, 4.69) is 22.4 Å². The molecule has 1 aliphatic carbocycles. The minimum absolute atomic E-state index is 0.394. The smallest absolute Gasteiger partial charge is 0.0888 e. The van der Waals surface area contributed by atoms with Gasteiger partial charge in [-0.2, -0.15) is 0 Å². The topological polar surface area (TPSA) is 50.4 Å². The van der Waals surface area contributed by atoms with Crippen molar-refractivity contribution in [3.8, 4) is 0 Å². The number of rotatable bonds is 4. The average Bonchev–Trinajstić information content (AvgIpc) is 2.46. The maximum atomic E-state index is 5.90. The highest BCUT2D eigenvalue weighted by atomic mass is 15.0. The summed E-state index contributed by atoms with van der Waals surface area (Å²) in [5.74, 6) is 0. The first-order valence-electron chi connectivity index (χ1n) is 7.05. The number of hydrogen-bond acceptors (Lipinski definition) is 2. The molecular weight excluding hydrogens is 234 g/mol. The van der Waals surface area contributed by atoms with Gasteiger partial charge in [0.25, 0.3) is 0 Å². The number of allylic oxidation sites excluding steroid dienone is 1. The fourth-order valence-electron chi connectivity index (χ4n) is 2.42. The fraction of sp³-hybridized carbons (Fsp3) is 0.438. The van der Waals surface area contributed by atoms with Crippen LogP contribution in [0.5, 0.6) is 0 Å². The molecule has 1 aromatic rings. The molecule has 3 heteroatoms. The lowest BCUT2D eigenvalue weighted by Crippen LogP contribution is -2.36. The fourth-order valence-corrected chi connectivity index (χ4v) is 2.42. The minimum atomic E-state index is 0.394. The second-order valence-corrected chi connectivity index (χ2v) is 5.08. The molecule has 2 rings (SSSR count). The predicted molar refractivity (Wildman–Crippen MR) is 82.0 cm³/mol. The Labute approximate surface area is 115 Å². The quantitative estimate of drug-likeness (QED) is 0.643. The second-order valence-electron chi connectivity index (χ2n) is 5.08. The van der Waals surface area contributed by atoms with Crippen LogP contribution in [0, 0.1) is 0 Å². The van der Waals surface area contributed by atoms with Crippen molar-refractivity contribution in [2.45, 2.75) is 44.7 Å². The monoisotopic (exact) mass is 257 g/mol. The molecule has 0 saturated heterocycles. The summed E-state index contributed by atoms with van der Waals surface area (Å²) >= 11 is 0. The van der Waals surface area contributed by atoms with Crippen LogP contribution in [0.4, 0.5) is 0 Å². The number of nitrogens with zero attached hydrogens (tertiary/aromatic N) is 1. The second kappa shape index (κ2) is 7.10. The largest absolute Gasteiger partial charge is 0.373 e. The van der Waals surface area contributed by atoms with Crippen molar-refractivity contribution in [3.63, 3.8) is 0 Å². The first-order valence-corrected chi connectivity index (χ1v) is 7.05. The first kappa shape index (κ1) is 13.8. The van der Waals surface area contributed by atoms with Crippen LogP contribution in [-0.2, 0) is 0 Å². The SMILES string of the molecule is C/C=C(\N=C/N[C@H]1CC[C@@H](N)CC1)c1ccccc1. The zero-order chi connectivity index (χ0) is 13.5. The summed E-state index contributed by atoms with van der Waals surface area (Å²) in [7, 11) is 0. The molecule has 19 heavy (non-hydrogen) atoms. The van der Waals surface area contributed by atoms with Crippen molar-refractivity contribution in [2.24, 2.45) is 10.7 Å². The molecule has 1 fully saturated rings. The Morgan fingerprint density at radius 3 is 2.53 bits per heavy atom. The van der Waals surface area contributed by atoms with Crippen LogP contribution in [0.1, 0.15) is 38.2 Å². The van der Waals surface area contributed by atoms with Crippen LogP contribution in [0.2, 0.25) is 0 Å². The van der Waals surface area contributed by atoms with E-state index in [0.717, 1.165) is 36.9 Å². The number of benzene rings is 1. The molecule has 3 N–H and O–H groups in total. The van der Waals surface area contributed by atoms with Crippen molar-refractivity contribution in [3.05, 3.63) is 42.0 Å². The zero-order valence-electron chi connectivity index (χ0n) is 11.5. The number of hydrogen-bond donors (Lipinski definition) is 2.